The second-order valence-corrected chi connectivity index (χ2v) is 6.01. The van der Waals surface area contributed by atoms with Gasteiger partial charge in [-0.05, 0) is 44.5 Å². The average Bonchev–Trinajstić information content (AvgIpc) is 2.52. The van der Waals surface area contributed by atoms with E-state index in [9.17, 15) is 9.90 Å². The van der Waals surface area contributed by atoms with E-state index >= 15 is 0 Å². The van der Waals surface area contributed by atoms with E-state index in [-0.39, 0.29) is 11.4 Å². The Morgan fingerprint density at radius 3 is 2.47 bits per heavy atom. The number of aliphatic hydroxyl groups is 1. The molecule has 1 aliphatic heterocycles. The molecule has 92 valence electrons. The number of rotatable bonds is 1. The zero-order valence-corrected chi connectivity index (χ0v) is 11.6. The van der Waals surface area contributed by atoms with Crippen LogP contribution in [0.5, 0.6) is 0 Å². The van der Waals surface area contributed by atoms with Crippen LogP contribution >= 0.6 is 15.9 Å². The summed E-state index contributed by atoms with van der Waals surface area (Å²) in [4.78, 5) is 14.1. The lowest BCUT2D eigenvalue weighted by atomic mass is 10.0. The Morgan fingerprint density at radius 2 is 2.00 bits per heavy atom. The molecule has 1 unspecified atom stereocenters. The van der Waals surface area contributed by atoms with Crippen molar-refractivity contribution in [2.45, 2.75) is 31.9 Å². The van der Waals surface area contributed by atoms with Gasteiger partial charge in [-0.25, -0.2) is 0 Å². The SMILES string of the molecule is CC1(C)CC(O)CN1C(=O)c1ccc(Br)cc1. The highest BCUT2D eigenvalue weighted by Gasteiger charge is 2.40. The lowest BCUT2D eigenvalue weighted by molar-refractivity contribution is 0.0641. The van der Waals surface area contributed by atoms with Crippen molar-refractivity contribution >= 4 is 21.8 Å². The fraction of sp³-hybridized carbons (Fsp3) is 0.462. The molecule has 1 aromatic rings. The highest BCUT2D eigenvalue weighted by molar-refractivity contribution is 9.10. The highest BCUT2D eigenvalue weighted by Crippen LogP contribution is 2.30. The molecule has 4 heteroatoms. The van der Waals surface area contributed by atoms with Crippen molar-refractivity contribution in [2.24, 2.45) is 0 Å². The van der Waals surface area contributed by atoms with Crippen molar-refractivity contribution in [1.82, 2.24) is 4.90 Å². The molecule has 1 N–H and O–H groups in total. The standard InChI is InChI=1S/C13H16BrNO2/c1-13(2)7-11(16)8-15(13)12(17)9-3-5-10(14)6-4-9/h3-6,11,16H,7-8H2,1-2H3. The molecule has 0 radical (unpaired) electrons. The van der Waals surface area contributed by atoms with Gasteiger partial charge in [0.1, 0.15) is 0 Å². The molecule has 1 heterocycles. The minimum atomic E-state index is -0.413. The summed E-state index contributed by atoms with van der Waals surface area (Å²) in [6.07, 6.45) is 0.222. The molecule has 0 saturated carbocycles. The monoisotopic (exact) mass is 297 g/mol. The van der Waals surface area contributed by atoms with Gasteiger partial charge in [0, 0.05) is 22.1 Å². The second kappa shape index (κ2) is 4.42. The van der Waals surface area contributed by atoms with Crippen LogP contribution < -0.4 is 0 Å². The van der Waals surface area contributed by atoms with Crippen molar-refractivity contribution in [3.63, 3.8) is 0 Å². The van der Waals surface area contributed by atoms with Crippen LogP contribution in [0.4, 0.5) is 0 Å². The summed E-state index contributed by atoms with van der Waals surface area (Å²) in [5.41, 5.74) is 0.388. The van der Waals surface area contributed by atoms with Crippen LogP contribution in [0.3, 0.4) is 0 Å². The predicted octanol–water partition coefficient (Wildman–Crippen LogP) is 2.43. The molecule has 1 aromatic carbocycles. The van der Waals surface area contributed by atoms with Crippen LogP contribution in [-0.4, -0.2) is 34.1 Å². The number of halogens is 1. The molecule has 0 spiro atoms. The number of aliphatic hydroxyl groups excluding tert-OH is 1. The summed E-state index contributed by atoms with van der Waals surface area (Å²) in [6.45, 7) is 4.39. The molecule has 0 aromatic heterocycles. The van der Waals surface area contributed by atoms with Gasteiger partial charge in [-0.2, -0.15) is 0 Å². The quantitative estimate of drug-likeness (QED) is 0.865. The van der Waals surface area contributed by atoms with Crippen molar-refractivity contribution in [3.8, 4) is 0 Å². The first kappa shape index (κ1) is 12.6. The summed E-state index contributed by atoms with van der Waals surface area (Å²) in [5, 5.41) is 9.67. The molecule has 1 amide bonds. The first-order valence-electron chi connectivity index (χ1n) is 5.66. The number of β-amino-alcohol motifs (C(OH)–C–C–N with tert-alkyl or cyclic N) is 1. The van der Waals surface area contributed by atoms with Gasteiger partial charge in [0.2, 0.25) is 0 Å². The number of amides is 1. The van der Waals surface area contributed by atoms with Gasteiger partial charge >= 0.3 is 0 Å². The number of hydrogen-bond acceptors (Lipinski definition) is 2. The summed E-state index contributed by atoms with van der Waals surface area (Å²) < 4.78 is 0.953. The van der Waals surface area contributed by atoms with Gasteiger partial charge in [-0.15, -0.1) is 0 Å². The number of hydrogen-bond donors (Lipinski definition) is 1. The number of carbonyl (C=O) groups excluding carboxylic acids is 1. The van der Waals surface area contributed by atoms with E-state index in [1.165, 1.54) is 0 Å². The third-order valence-corrected chi connectivity index (χ3v) is 3.72. The first-order chi connectivity index (χ1) is 7.90. The van der Waals surface area contributed by atoms with E-state index in [1.54, 1.807) is 17.0 Å². The first-order valence-corrected chi connectivity index (χ1v) is 6.45. The van der Waals surface area contributed by atoms with E-state index in [0.29, 0.717) is 18.5 Å². The molecular formula is C13H16BrNO2. The van der Waals surface area contributed by atoms with Gasteiger partial charge in [0.05, 0.1) is 6.10 Å². The molecule has 17 heavy (non-hydrogen) atoms. The Kier molecular flexibility index (Phi) is 3.27. The van der Waals surface area contributed by atoms with E-state index in [1.807, 2.05) is 26.0 Å². The fourth-order valence-corrected chi connectivity index (χ4v) is 2.58. The molecule has 1 aliphatic rings. The highest BCUT2D eigenvalue weighted by atomic mass is 79.9. The number of carbonyl (C=O) groups is 1. The minimum Gasteiger partial charge on any atom is -0.391 e. The molecule has 0 aliphatic carbocycles. The maximum Gasteiger partial charge on any atom is 0.254 e. The summed E-state index contributed by atoms with van der Waals surface area (Å²) in [6, 6.07) is 7.31. The Morgan fingerprint density at radius 1 is 1.41 bits per heavy atom. The minimum absolute atomic E-state index is 0.0148. The van der Waals surface area contributed by atoms with Crippen LogP contribution in [0.15, 0.2) is 28.7 Å². The van der Waals surface area contributed by atoms with Gasteiger partial charge in [0.25, 0.3) is 5.91 Å². The lowest BCUT2D eigenvalue weighted by Crippen LogP contribution is -2.42. The van der Waals surface area contributed by atoms with E-state index in [2.05, 4.69) is 15.9 Å². The predicted molar refractivity (Wildman–Crippen MR) is 69.9 cm³/mol. The Balaban J connectivity index is 2.23. The normalized spacial score (nSPS) is 22.8. The molecule has 1 fully saturated rings. The molecule has 2 rings (SSSR count). The van der Waals surface area contributed by atoms with Gasteiger partial charge < -0.3 is 10.0 Å². The van der Waals surface area contributed by atoms with E-state index in [4.69, 9.17) is 0 Å². The second-order valence-electron chi connectivity index (χ2n) is 5.09. The average molecular weight is 298 g/mol. The van der Waals surface area contributed by atoms with Crippen molar-refractivity contribution in [3.05, 3.63) is 34.3 Å². The van der Waals surface area contributed by atoms with Crippen molar-refractivity contribution in [1.29, 1.82) is 0 Å². The van der Waals surface area contributed by atoms with Crippen LogP contribution in [0.2, 0.25) is 0 Å². The maximum absolute atomic E-state index is 12.3. The molecule has 1 saturated heterocycles. The largest absolute Gasteiger partial charge is 0.391 e. The summed E-state index contributed by atoms with van der Waals surface area (Å²) in [7, 11) is 0. The van der Waals surface area contributed by atoms with Crippen LogP contribution in [0.1, 0.15) is 30.6 Å². The topological polar surface area (TPSA) is 40.5 Å². The summed E-state index contributed by atoms with van der Waals surface area (Å²) >= 11 is 3.35. The van der Waals surface area contributed by atoms with E-state index in [0.717, 1.165) is 4.47 Å². The smallest absolute Gasteiger partial charge is 0.254 e. The summed E-state index contributed by atoms with van der Waals surface area (Å²) in [5.74, 6) is -0.0148. The zero-order chi connectivity index (χ0) is 12.6. The molecule has 0 bridgehead atoms. The molecule has 1 atom stereocenters. The Bertz CT molecular complexity index is 428. The number of nitrogens with zero attached hydrogens (tertiary/aromatic N) is 1. The Hall–Kier alpha value is -0.870. The van der Waals surface area contributed by atoms with Crippen molar-refractivity contribution in [2.75, 3.05) is 6.54 Å². The van der Waals surface area contributed by atoms with Crippen LogP contribution in [0, 0.1) is 0 Å². The maximum atomic E-state index is 12.3. The number of benzene rings is 1. The zero-order valence-electron chi connectivity index (χ0n) is 9.98. The third-order valence-electron chi connectivity index (χ3n) is 3.20. The van der Waals surface area contributed by atoms with Crippen molar-refractivity contribution < 1.29 is 9.90 Å². The van der Waals surface area contributed by atoms with Crippen LogP contribution in [-0.2, 0) is 0 Å². The number of likely N-dealkylation sites (tertiary alicyclic amines) is 1. The van der Waals surface area contributed by atoms with Gasteiger partial charge in [-0.3, -0.25) is 4.79 Å². The fourth-order valence-electron chi connectivity index (χ4n) is 2.32. The van der Waals surface area contributed by atoms with Crippen LogP contribution in [0.25, 0.3) is 0 Å². The Labute approximate surface area is 110 Å². The van der Waals surface area contributed by atoms with E-state index < -0.39 is 6.10 Å². The van der Waals surface area contributed by atoms with Gasteiger partial charge in [0.15, 0.2) is 0 Å². The third kappa shape index (κ3) is 2.53. The van der Waals surface area contributed by atoms with Gasteiger partial charge in [-0.1, -0.05) is 15.9 Å². The molecular weight excluding hydrogens is 282 g/mol. The lowest BCUT2D eigenvalue weighted by Gasteiger charge is -2.31. The molecule has 3 nitrogen and oxygen atoms in total.